The molecule has 1 aliphatic rings. The first-order chi connectivity index (χ1) is 16.5. The molecule has 0 saturated carbocycles. The Balaban J connectivity index is 1.41. The van der Waals surface area contributed by atoms with Crippen LogP contribution in [0.4, 0.5) is 17.3 Å². The van der Waals surface area contributed by atoms with Crippen LogP contribution in [0.25, 0.3) is 16.2 Å². The molecule has 0 aliphatic carbocycles. The molecule has 3 heterocycles. The number of para-hydroxylation sites is 1. The maximum absolute atomic E-state index is 12.9. The van der Waals surface area contributed by atoms with Crippen LogP contribution in [0.5, 0.6) is 5.75 Å². The van der Waals surface area contributed by atoms with E-state index < -0.39 is 10.8 Å². The Hall–Kier alpha value is -4.03. The third-order valence-corrected chi connectivity index (χ3v) is 6.29. The number of anilines is 2. The smallest absolute Gasteiger partial charge is 0.293 e. The molecule has 0 spiro atoms. The van der Waals surface area contributed by atoms with Crippen LogP contribution in [-0.4, -0.2) is 58.8 Å². The lowest BCUT2D eigenvalue weighted by atomic mass is 10.1. The van der Waals surface area contributed by atoms with Crippen molar-refractivity contribution in [3.05, 3.63) is 63.5 Å². The summed E-state index contributed by atoms with van der Waals surface area (Å²) >= 11 is 1.37. The van der Waals surface area contributed by atoms with E-state index in [2.05, 4.69) is 15.4 Å². The largest absolute Gasteiger partial charge is 0.496 e. The predicted octanol–water partition coefficient (Wildman–Crippen LogP) is 3.46. The second-order valence-corrected chi connectivity index (χ2v) is 8.30. The number of morpholine rings is 1. The van der Waals surface area contributed by atoms with Crippen LogP contribution in [0, 0.1) is 10.1 Å². The van der Waals surface area contributed by atoms with Crippen LogP contribution in [0.15, 0.2) is 47.8 Å². The van der Waals surface area contributed by atoms with Gasteiger partial charge in [0.15, 0.2) is 0 Å². The van der Waals surface area contributed by atoms with Crippen LogP contribution < -0.4 is 15.0 Å². The van der Waals surface area contributed by atoms with E-state index in [9.17, 15) is 14.9 Å². The van der Waals surface area contributed by atoms with Crippen LogP contribution >= 0.6 is 11.3 Å². The number of carbonyl (C=O) groups is 1. The third-order valence-electron chi connectivity index (χ3n) is 5.48. The quantitative estimate of drug-likeness (QED) is 0.329. The van der Waals surface area contributed by atoms with Crippen LogP contribution in [-0.2, 0) is 4.74 Å². The van der Waals surface area contributed by atoms with Gasteiger partial charge in [0.05, 0.1) is 30.9 Å². The van der Waals surface area contributed by atoms with E-state index in [0.29, 0.717) is 42.7 Å². The molecule has 0 radical (unpaired) electrons. The first-order valence-corrected chi connectivity index (χ1v) is 11.3. The van der Waals surface area contributed by atoms with Crippen molar-refractivity contribution in [2.75, 3.05) is 43.6 Å². The number of nitro benzene ring substituents is 1. The SMILES string of the molecule is COc1ccccc1-c1csc2nc(NC(=O)c3ccc(N4CCOCC4)c([N+](=O)[O-])c3)nn12. The molecule has 34 heavy (non-hydrogen) atoms. The number of benzene rings is 2. The zero-order chi connectivity index (χ0) is 23.7. The average Bonchev–Trinajstić information content (AvgIpc) is 3.44. The van der Waals surface area contributed by atoms with Gasteiger partial charge in [-0.05, 0) is 24.3 Å². The molecule has 5 rings (SSSR count). The van der Waals surface area contributed by atoms with Gasteiger partial charge in [-0.2, -0.15) is 4.98 Å². The van der Waals surface area contributed by atoms with Gasteiger partial charge in [-0.3, -0.25) is 20.2 Å². The van der Waals surface area contributed by atoms with Crippen molar-refractivity contribution in [3.63, 3.8) is 0 Å². The number of nitrogens with one attached hydrogen (secondary N) is 1. The Morgan fingerprint density at radius 2 is 2.03 bits per heavy atom. The number of methoxy groups -OCH3 is 1. The normalized spacial score (nSPS) is 13.7. The zero-order valence-corrected chi connectivity index (χ0v) is 18.9. The number of aromatic nitrogens is 3. The molecule has 0 bridgehead atoms. The van der Waals surface area contributed by atoms with Crippen molar-refractivity contribution in [2.45, 2.75) is 0 Å². The van der Waals surface area contributed by atoms with Crippen molar-refractivity contribution in [1.82, 2.24) is 14.6 Å². The van der Waals surface area contributed by atoms with Gasteiger partial charge >= 0.3 is 0 Å². The molecule has 0 unspecified atom stereocenters. The number of amides is 1. The van der Waals surface area contributed by atoms with Gasteiger partial charge in [0.2, 0.25) is 4.96 Å². The average molecular weight is 481 g/mol. The number of nitro groups is 1. The van der Waals surface area contributed by atoms with Gasteiger partial charge in [-0.15, -0.1) is 16.4 Å². The molecule has 174 valence electrons. The number of nitrogens with zero attached hydrogens (tertiary/aromatic N) is 5. The zero-order valence-electron chi connectivity index (χ0n) is 18.1. The molecule has 1 fully saturated rings. The molecule has 1 aliphatic heterocycles. The molecule has 1 saturated heterocycles. The summed E-state index contributed by atoms with van der Waals surface area (Å²) in [4.78, 5) is 30.9. The third kappa shape index (κ3) is 4.04. The highest BCUT2D eigenvalue weighted by atomic mass is 32.1. The van der Waals surface area contributed by atoms with Crippen molar-refractivity contribution >= 4 is 39.5 Å². The Morgan fingerprint density at radius 3 is 2.79 bits per heavy atom. The minimum atomic E-state index is -0.534. The summed E-state index contributed by atoms with van der Waals surface area (Å²) in [6, 6.07) is 12.0. The van der Waals surface area contributed by atoms with E-state index in [0.717, 1.165) is 11.3 Å². The van der Waals surface area contributed by atoms with Gasteiger partial charge in [0.25, 0.3) is 17.5 Å². The first kappa shape index (κ1) is 21.8. The van der Waals surface area contributed by atoms with Crippen molar-refractivity contribution < 1.29 is 19.2 Å². The van der Waals surface area contributed by atoms with Crippen LogP contribution in [0.2, 0.25) is 0 Å². The van der Waals surface area contributed by atoms with Gasteiger partial charge in [0.1, 0.15) is 11.4 Å². The second-order valence-electron chi connectivity index (χ2n) is 7.47. The topological polar surface area (TPSA) is 124 Å². The van der Waals surface area contributed by atoms with E-state index >= 15 is 0 Å². The van der Waals surface area contributed by atoms with Crippen molar-refractivity contribution in [3.8, 4) is 17.0 Å². The molecule has 12 heteroatoms. The Kier molecular flexibility index (Phi) is 5.82. The number of ether oxygens (including phenoxy) is 2. The summed E-state index contributed by atoms with van der Waals surface area (Å²) in [6.45, 7) is 2.10. The van der Waals surface area contributed by atoms with Gasteiger partial charge < -0.3 is 14.4 Å². The monoisotopic (exact) mass is 480 g/mol. The van der Waals surface area contributed by atoms with E-state index in [1.165, 1.54) is 17.4 Å². The highest BCUT2D eigenvalue weighted by molar-refractivity contribution is 7.15. The van der Waals surface area contributed by atoms with E-state index in [4.69, 9.17) is 9.47 Å². The minimum absolute atomic E-state index is 0.105. The molecule has 1 N–H and O–H groups in total. The minimum Gasteiger partial charge on any atom is -0.496 e. The molecule has 2 aromatic carbocycles. The maximum Gasteiger partial charge on any atom is 0.293 e. The van der Waals surface area contributed by atoms with Crippen molar-refractivity contribution in [1.29, 1.82) is 0 Å². The molecule has 4 aromatic rings. The number of rotatable bonds is 6. The van der Waals surface area contributed by atoms with Gasteiger partial charge in [-0.25, -0.2) is 4.52 Å². The molecule has 11 nitrogen and oxygen atoms in total. The predicted molar refractivity (Wildman–Crippen MR) is 127 cm³/mol. The van der Waals surface area contributed by atoms with E-state index in [-0.39, 0.29) is 17.2 Å². The molecule has 0 atom stereocenters. The fourth-order valence-corrected chi connectivity index (χ4v) is 4.65. The Labute approximate surface area is 197 Å². The lowest BCUT2D eigenvalue weighted by Crippen LogP contribution is -2.36. The summed E-state index contributed by atoms with van der Waals surface area (Å²) in [5.41, 5.74) is 2.09. The summed E-state index contributed by atoms with van der Waals surface area (Å²) in [7, 11) is 1.60. The molecular weight excluding hydrogens is 460 g/mol. The number of carbonyl (C=O) groups excluding carboxylic acids is 1. The fourth-order valence-electron chi connectivity index (χ4n) is 3.83. The van der Waals surface area contributed by atoms with Crippen LogP contribution in [0.1, 0.15) is 10.4 Å². The lowest BCUT2D eigenvalue weighted by Gasteiger charge is -2.28. The van der Waals surface area contributed by atoms with Gasteiger partial charge in [-0.1, -0.05) is 12.1 Å². The van der Waals surface area contributed by atoms with Crippen LogP contribution in [0.3, 0.4) is 0 Å². The number of hydrogen-bond acceptors (Lipinski definition) is 9. The maximum atomic E-state index is 12.9. The Bertz CT molecular complexity index is 1380. The lowest BCUT2D eigenvalue weighted by molar-refractivity contribution is -0.384. The molecule has 2 aromatic heterocycles. The van der Waals surface area contributed by atoms with Gasteiger partial charge in [0, 0.05) is 35.7 Å². The highest BCUT2D eigenvalue weighted by Gasteiger charge is 2.24. The summed E-state index contributed by atoms with van der Waals surface area (Å²) in [6.07, 6.45) is 0. The summed E-state index contributed by atoms with van der Waals surface area (Å²) in [5, 5.41) is 20.6. The molecule has 1 amide bonds. The van der Waals surface area contributed by atoms with Crippen molar-refractivity contribution in [2.24, 2.45) is 0 Å². The first-order valence-electron chi connectivity index (χ1n) is 10.5. The highest BCUT2D eigenvalue weighted by Crippen LogP contribution is 2.33. The standard InChI is InChI=1S/C22H20N6O5S/c1-32-19-5-3-2-4-15(19)18-13-34-22-24-21(25-27(18)22)23-20(29)14-6-7-16(17(12-14)28(30)31)26-8-10-33-11-9-26/h2-7,12-13H,8-11H2,1H3,(H,23,25,29). The number of fused-ring (bicyclic) bond motifs is 1. The number of thiazole rings is 1. The fraction of sp³-hybridized carbons (Fsp3) is 0.227. The Morgan fingerprint density at radius 1 is 1.24 bits per heavy atom. The molecular formula is C22H20N6O5S. The van der Waals surface area contributed by atoms with E-state index in [1.54, 1.807) is 23.8 Å². The second kappa shape index (κ2) is 9.08. The number of hydrogen-bond donors (Lipinski definition) is 1. The van der Waals surface area contributed by atoms with E-state index in [1.807, 2.05) is 34.5 Å². The summed E-state index contributed by atoms with van der Waals surface area (Å²) in [5.74, 6) is 0.262. The summed E-state index contributed by atoms with van der Waals surface area (Å²) < 4.78 is 12.4.